The van der Waals surface area contributed by atoms with Gasteiger partial charge in [-0.1, -0.05) is 36.6 Å². The molecule has 0 N–H and O–H groups in total. The second-order valence-corrected chi connectivity index (χ2v) is 10.00. The fraction of sp³-hybridized carbons (Fsp3) is 0.524. The number of anilines is 1. The maximum absolute atomic E-state index is 11.5. The largest absolute Gasteiger partial charge is 0.492 e. The Morgan fingerprint density at radius 3 is 2.45 bits per heavy atom. The third-order valence-corrected chi connectivity index (χ3v) is 6.89. The van der Waals surface area contributed by atoms with Crippen LogP contribution in [0.5, 0.6) is 5.75 Å². The smallest absolute Gasteiger partial charge is 0.226 e. The van der Waals surface area contributed by atoms with Gasteiger partial charge in [-0.15, -0.1) is 0 Å². The SMILES string of the molecule is COc1cnc(N2CCC(CCCCc3ccc(S(C)(=O)=O)cc3)CC2)nc1Cl. The molecule has 3 rings (SSSR count). The molecule has 6 nitrogen and oxygen atoms in total. The van der Waals surface area contributed by atoms with Crippen molar-refractivity contribution in [3.63, 3.8) is 0 Å². The zero-order valence-corrected chi connectivity index (χ0v) is 18.5. The van der Waals surface area contributed by atoms with Gasteiger partial charge in [-0.3, -0.25) is 0 Å². The van der Waals surface area contributed by atoms with Gasteiger partial charge in [-0.25, -0.2) is 13.4 Å². The third kappa shape index (κ3) is 6.06. The average Bonchev–Trinajstić information content (AvgIpc) is 2.71. The van der Waals surface area contributed by atoms with E-state index in [2.05, 4.69) is 14.9 Å². The number of piperidine rings is 1. The van der Waals surface area contributed by atoms with E-state index in [1.165, 1.54) is 24.7 Å². The van der Waals surface area contributed by atoms with Crippen LogP contribution in [0.1, 0.15) is 37.7 Å². The van der Waals surface area contributed by atoms with Gasteiger partial charge in [-0.05, 0) is 49.3 Å². The highest BCUT2D eigenvalue weighted by Crippen LogP contribution is 2.28. The number of hydrogen-bond acceptors (Lipinski definition) is 6. The Balaban J connectivity index is 1.38. The maximum Gasteiger partial charge on any atom is 0.226 e. The highest BCUT2D eigenvalue weighted by Gasteiger charge is 2.21. The van der Waals surface area contributed by atoms with Crippen LogP contribution >= 0.6 is 11.6 Å². The maximum atomic E-state index is 11.5. The van der Waals surface area contributed by atoms with Crippen molar-refractivity contribution in [3.05, 3.63) is 41.2 Å². The zero-order chi connectivity index (χ0) is 20.9. The van der Waals surface area contributed by atoms with Gasteiger partial charge < -0.3 is 9.64 Å². The lowest BCUT2D eigenvalue weighted by molar-refractivity contribution is 0.366. The number of sulfone groups is 1. The summed E-state index contributed by atoms with van der Waals surface area (Å²) in [4.78, 5) is 11.3. The van der Waals surface area contributed by atoms with Crippen LogP contribution < -0.4 is 9.64 Å². The summed E-state index contributed by atoms with van der Waals surface area (Å²) in [5.74, 6) is 1.90. The van der Waals surface area contributed by atoms with Gasteiger partial charge in [0, 0.05) is 19.3 Å². The van der Waals surface area contributed by atoms with Crippen molar-refractivity contribution in [2.75, 3.05) is 31.4 Å². The van der Waals surface area contributed by atoms with Gasteiger partial charge in [-0.2, -0.15) is 4.98 Å². The quantitative estimate of drug-likeness (QED) is 0.455. The van der Waals surface area contributed by atoms with E-state index in [-0.39, 0.29) is 0 Å². The Morgan fingerprint density at radius 2 is 1.86 bits per heavy atom. The lowest BCUT2D eigenvalue weighted by atomic mass is 9.91. The van der Waals surface area contributed by atoms with E-state index in [4.69, 9.17) is 16.3 Å². The fourth-order valence-corrected chi connectivity index (χ4v) is 4.55. The molecule has 0 spiro atoms. The van der Waals surface area contributed by atoms with Crippen molar-refractivity contribution in [1.82, 2.24) is 9.97 Å². The van der Waals surface area contributed by atoms with Crippen LogP contribution in [0.2, 0.25) is 5.15 Å². The Labute approximate surface area is 178 Å². The number of unbranched alkanes of at least 4 members (excludes halogenated alkanes) is 1. The molecule has 1 aliphatic heterocycles. The highest BCUT2D eigenvalue weighted by molar-refractivity contribution is 7.90. The van der Waals surface area contributed by atoms with Gasteiger partial charge in [0.05, 0.1) is 18.2 Å². The summed E-state index contributed by atoms with van der Waals surface area (Å²) in [5, 5.41) is 0.351. The Hall–Kier alpha value is -1.86. The van der Waals surface area contributed by atoms with Crippen molar-refractivity contribution < 1.29 is 13.2 Å². The van der Waals surface area contributed by atoms with Gasteiger partial charge in [0.25, 0.3) is 0 Å². The number of aromatic nitrogens is 2. The Kier molecular flexibility index (Phi) is 7.35. The molecule has 0 saturated carbocycles. The van der Waals surface area contributed by atoms with Gasteiger partial charge in [0.1, 0.15) is 0 Å². The number of hydrogen-bond donors (Lipinski definition) is 0. The Bertz CT molecular complexity index is 911. The molecule has 0 unspecified atom stereocenters. The molecule has 8 heteroatoms. The second-order valence-electron chi connectivity index (χ2n) is 7.62. The van der Waals surface area contributed by atoms with E-state index in [9.17, 15) is 8.42 Å². The minimum Gasteiger partial charge on any atom is -0.492 e. The molecule has 1 aliphatic rings. The fourth-order valence-electron chi connectivity index (χ4n) is 3.72. The van der Waals surface area contributed by atoms with E-state index in [0.29, 0.717) is 21.7 Å². The summed E-state index contributed by atoms with van der Waals surface area (Å²) in [6.07, 6.45) is 9.65. The monoisotopic (exact) mass is 437 g/mol. The summed E-state index contributed by atoms with van der Waals surface area (Å²) in [7, 11) is -1.56. The standard InChI is InChI=1S/C21H28ClN3O3S/c1-28-19-15-23-21(24-20(19)22)25-13-11-17(12-14-25)6-4-3-5-16-7-9-18(10-8-16)29(2,26)27/h7-10,15,17H,3-6,11-14H2,1-2H3. The number of ether oxygens (including phenoxy) is 1. The molecular weight excluding hydrogens is 410 g/mol. The lowest BCUT2D eigenvalue weighted by Crippen LogP contribution is -2.34. The molecular formula is C21H28ClN3O3S. The molecule has 2 heterocycles. The molecule has 0 aliphatic carbocycles. The van der Waals surface area contributed by atoms with Crippen LogP contribution in [0, 0.1) is 5.92 Å². The van der Waals surface area contributed by atoms with E-state index in [1.54, 1.807) is 25.4 Å². The van der Waals surface area contributed by atoms with Gasteiger partial charge >= 0.3 is 0 Å². The summed E-state index contributed by atoms with van der Waals surface area (Å²) in [6, 6.07) is 7.26. The van der Waals surface area contributed by atoms with Gasteiger partial charge in [0.2, 0.25) is 5.95 Å². The molecule has 0 atom stereocenters. The molecule has 2 aromatic rings. The van der Waals surface area contributed by atoms with E-state index in [0.717, 1.165) is 44.7 Å². The average molecular weight is 438 g/mol. The minimum absolute atomic E-state index is 0.351. The second kappa shape index (κ2) is 9.76. The summed E-state index contributed by atoms with van der Waals surface area (Å²) in [5.41, 5.74) is 1.20. The van der Waals surface area contributed by atoms with Crippen molar-refractivity contribution in [1.29, 1.82) is 0 Å². The first-order chi connectivity index (χ1) is 13.9. The zero-order valence-electron chi connectivity index (χ0n) is 17.0. The van der Waals surface area contributed by atoms with Crippen molar-refractivity contribution >= 4 is 27.4 Å². The van der Waals surface area contributed by atoms with Crippen LogP contribution in [-0.2, 0) is 16.3 Å². The van der Waals surface area contributed by atoms with E-state index in [1.807, 2.05) is 12.1 Å². The van der Waals surface area contributed by atoms with Crippen LogP contribution in [0.15, 0.2) is 35.4 Å². The molecule has 0 bridgehead atoms. The number of benzene rings is 1. The number of aryl methyl sites for hydroxylation is 1. The first-order valence-electron chi connectivity index (χ1n) is 9.97. The van der Waals surface area contributed by atoms with Crippen molar-refractivity contribution in [3.8, 4) is 5.75 Å². The van der Waals surface area contributed by atoms with Crippen LogP contribution in [0.25, 0.3) is 0 Å². The van der Waals surface area contributed by atoms with Crippen molar-refractivity contribution in [2.24, 2.45) is 5.92 Å². The van der Waals surface area contributed by atoms with Crippen molar-refractivity contribution in [2.45, 2.75) is 43.4 Å². The van der Waals surface area contributed by atoms with Crippen LogP contribution in [0.4, 0.5) is 5.95 Å². The number of rotatable bonds is 8. The van der Waals surface area contributed by atoms with Crippen LogP contribution in [-0.4, -0.2) is 44.8 Å². The molecule has 29 heavy (non-hydrogen) atoms. The van der Waals surface area contributed by atoms with Gasteiger partial charge in [0.15, 0.2) is 20.7 Å². The first kappa shape index (κ1) is 21.8. The number of nitrogens with zero attached hydrogens (tertiary/aromatic N) is 3. The lowest BCUT2D eigenvalue weighted by Gasteiger charge is -2.32. The van der Waals surface area contributed by atoms with E-state index >= 15 is 0 Å². The summed E-state index contributed by atoms with van der Waals surface area (Å²) < 4.78 is 28.1. The predicted octanol–water partition coefficient (Wildman–Crippen LogP) is 4.17. The molecule has 0 radical (unpaired) electrons. The molecule has 1 aromatic heterocycles. The molecule has 1 fully saturated rings. The number of halogens is 1. The molecule has 0 amide bonds. The molecule has 158 valence electrons. The third-order valence-electron chi connectivity index (χ3n) is 5.50. The highest BCUT2D eigenvalue weighted by atomic mass is 35.5. The summed E-state index contributed by atoms with van der Waals surface area (Å²) in [6.45, 7) is 1.89. The molecule has 1 saturated heterocycles. The van der Waals surface area contributed by atoms with Crippen LogP contribution in [0.3, 0.4) is 0 Å². The normalized spacial score (nSPS) is 15.5. The number of methoxy groups -OCH3 is 1. The summed E-state index contributed by atoms with van der Waals surface area (Å²) >= 11 is 6.11. The topological polar surface area (TPSA) is 72.4 Å². The molecule has 1 aromatic carbocycles. The minimum atomic E-state index is -3.12. The van der Waals surface area contributed by atoms with E-state index < -0.39 is 9.84 Å². The Morgan fingerprint density at radius 1 is 1.17 bits per heavy atom. The predicted molar refractivity (Wildman–Crippen MR) is 116 cm³/mol. The first-order valence-corrected chi connectivity index (χ1v) is 12.2.